The average molecular weight is 348 g/mol. The first-order valence-corrected chi connectivity index (χ1v) is 6.28. The van der Waals surface area contributed by atoms with Gasteiger partial charge in [0.05, 0.1) is 35.3 Å². The summed E-state index contributed by atoms with van der Waals surface area (Å²) in [6.45, 7) is 1.07. The SMILES string of the molecule is O[C@@H](COCc1ccco1)Cn1cc(I)cn1. The molecule has 2 heterocycles. The molecule has 0 bridgehead atoms. The second kappa shape index (κ2) is 6.18. The van der Waals surface area contributed by atoms with E-state index in [-0.39, 0.29) is 6.61 Å². The van der Waals surface area contributed by atoms with Gasteiger partial charge in [-0.15, -0.1) is 0 Å². The highest BCUT2D eigenvalue weighted by Gasteiger charge is 2.07. The highest BCUT2D eigenvalue weighted by Crippen LogP contribution is 2.04. The van der Waals surface area contributed by atoms with Crippen molar-refractivity contribution in [1.29, 1.82) is 0 Å². The van der Waals surface area contributed by atoms with E-state index in [1.54, 1.807) is 23.2 Å². The van der Waals surface area contributed by atoms with Crippen molar-refractivity contribution in [3.63, 3.8) is 0 Å². The third-order valence-electron chi connectivity index (χ3n) is 2.13. The van der Waals surface area contributed by atoms with Crippen molar-refractivity contribution >= 4 is 22.6 Å². The predicted octanol–water partition coefficient (Wildman–Crippen LogP) is 1.66. The van der Waals surface area contributed by atoms with E-state index in [2.05, 4.69) is 27.7 Å². The van der Waals surface area contributed by atoms with Crippen molar-refractivity contribution in [2.75, 3.05) is 6.61 Å². The first-order valence-electron chi connectivity index (χ1n) is 5.20. The van der Waals surface area contributed by atoms with E-state index >= 15 is 0 Å². The zero-order valence-electron chi connectivity index (χ0n) is 9.12. The summed E-state index contributed by atoms with van der Waals surface area (Å²) in [6, 6.07) is 3.64. The average Bonchev–Trinajstić information content (AvgIpc) is 2.90. The molecule has 0 saturated carbocycles. The number of ether oxygens (including phenoxy) is 1. The molecule has 1 N–H and O–H groups in total. The van der Waals surface area contributed by atoms with Crippen molar-refractivity contribution < 1.29 is 14.3 Å². The van der Waals surface area contributed by atoms with Gasteiger partial charge in [-0.2, -0.15) is 5.10 Å². The number of aliphatic hydroxyl groups excluding tert-OH is 1. The Morgan fingerprint density at radius 2 is 2.47 bits per heavy atom. The van der Waals surface area contributed by atoms with Gasteiger partial charge < -0.3 is 14.3 Å². The third kappa shape index (κ3) is 4.14. The Morgan fingerprint density at radius 3 is 3.12 bits per heavy atom. The van der Waals surface area contributed by atoms with Gasteiger partial charge in [-0.25, -0.2) is 0 Å². The summed E-state index contributed by atoms with van der Waals surface area (Å²) in [4.78, 5) is 0. The summed E-state index contributed by atoms with van der Waals surface area (Å²) in [5, 5.41) is 13.8. The van der Waals surface area contributed by atoms with Crippen LogP contribution in [0.15, 0.2) is 35.2 Å². The highest BCUT2D eigenvalue weighted by atomic mass is 127. The number of hydrogen-bond acceptors (Lipinski definition) is 4. The minimum atomic E-state index is -0.569. The molecular formula is C11H13IN2O3. The normalized spacial score (nSPS) is 12.8. The van der Waals surface area contributed by atoms with E-state index in [0.29, 0.717) is 13.2 Å². The van der Waals surface area contributed by atoms with Gasteiger partial charge in [0.2, 0.25) is 0 Å². The lowest BCUT2D eigenvalue weighted by atomic mass is 10.4. The molecule has 0 fully saturated rings. The Hall–Kier alpha value is -0.860. The van der Waals surface area contributed by atoms with Crippen LogP contribution in [0.5, 0.6) is 0 Å². The number of aliphatic hydroxyl groups is 1. The van der Waals surface area contributed by atoms with Crippen LogP contribution < -0.4 is 0 Å². The summed E-state index contributed by atoms with van der Waals surface area (Å²) in [7, 11) is 0. The Bertz CT molecular complexity index is 441. The maximum atomic E-state index is 9.72. The van der Waals surface area contributed by atoms with E-state index in [0.717, 1.165) is 9.33 Å². The van der Waals surface area contributed by atoms with Crippen molar-refractivity contribution in [3.05, 3.63) is 40.1 Å². The van der Waals surface area contributed by atoms with Crippen LogP contribution >= 0.6 is 22.6 Å². The first-order chi connectivity index (χ1) is 8.24. The molecule has 2 aromatic heterocycles. The lowest BCUT2D eigenvalue weighted by Gasteiger charge is -2.10. The molecule has 17 heavy (non-hydrogen) atoms. The third-order valence-corrected chi connectivity index (χ3v) is 2.69. The lowest BCUT2D eigenvalue weighted by molar-refractivity contribution is 0.0131. The first kappa shape index (κ1) is 12.6. The van der Waals surface area contributed by atoms with E-state index in [4.69, 9.17) is 9.15 Å². The summed E-state index contributed by atoms with van der Waals surface area (Å²) in [6.07, 6.45) is 4.65. The minimum absolute atomic E-state index is 0.261. The van der Waals surface area contributed by atoms with Gasteiger partial charge in [0.1, 0.15) is 12.4 Å². The van der Waals surface area contributed by atoms with Gasteiger partial charge in [-0.05, 0) is 34.7 Å². The number of rotatable bonds is 6. The highest BCUT2D eigenvalue weighted by molar-refractivity contribution is 14.1. The predicted molar refractivity (Wildman–Crippen MR) is 69.3 cm³/mol. The molecule has 0 aliphatic carbocycles. The molecule has 6 heteroatoms. The fourth-order valence-corrected chi connectivity index (χ4v) is 1.84. The monoisotopic (exact) mass is 348 g/mol. The van der Waals surface area contributed by atoms with Crippen LogP contribution in [0.25, 0.3) is 0 Å². The van der Waals surface area contributed by atoms with E-state index in [1.165, 1.54) is 0 Å². The molecule has 0 radical (unpaired) electrons. The zero-order chi connectivity index (χ0) is 12.1. The number of aromatic nitrogens is 2. The largest absolute Gasteiger partial charge is 0.467 e. The number of hydrogen-bond donors (Lipinski definition) is 1. The molecule has 0 aromatic carbocycles. The fraction of sp³-hybridized carbons (Fsp3) is 0.364. The van der Waals surface area contributed by atoms with Gasteiger partial charge >= 0.3 is 0 Å². The molecule has 0 amide bonds. The van der Waals surface area contributed by atoms with Crippen LogP contribution in [0.3, 0.4) is 0 Å². The van der Waals surface area contributed by atoms with Gasteiger partial charge in [0.15, 0.2) is 0 Å². The molecule has 0 spiro atoms. The van der Waals surface area contributed by atoms with Gasteiger partial charge in [-0.1, -0.05) is 0 Å². The molecule has 0 saturated heterocycles. The van der Waals surface area contributed by atoms with Gasteiger partial charge in [0, 0.05) is 6.20 Å². The summed E-state index contributed by atoms with van der Waals surface area (Å²) in [5.74, 6) is 0.755. The molecule has 0 aliphatic rings. The lowest BCUT2D eigenvalue weighted by Crippen LogP contribution is -2.22. The maximum absolute atomic E-state index is 9.72. The standard InChI is InChI=1S/C11H13IN2O3/c12-9-4-13-14(5-9)6-10(15)7-16-8-11-2-1-3-17-11/h1-5,10,15H,6-8H2/t10-/m1/s1. The van der Waals surface area contributed by atoms with Crippen LogP contribution in [-0.4, -0.2) is 27.6 Å². The van der Waals surface area contributed by atoms with Gasteiger partial charge in [-0.3, -0.25) is 4.68 Å². The van der Waals surface area contributed by atoms with Crippen LogP contribution in [0, 0.1) is 3.57 Å². The van der Waals surface area contributed by atoms with Crippen molar-refractivity contribution in [2.24, 2.45) is 0 Å². The zero-order valence-corrected chi connectivity index (χ0v) is 11.3. The number of furan rings is 1. The topological polar surface area (TPSA) is 60.4 Å². The van der Waals surface area contributed by atoms with E-state index in [1.807, 2.05) is 12.3 Å². The van der Waals surface area contributed by atoms with Gasteiger partial charge in [0.25, 0.3) is 0 Å². The van der Waals surface area contributed by atoms with Crippen LogP contribution in [0.1, 0.15) is 5.76 Å². The Balaban J connectivity index is 1.69. The number of nitrogens with zero attached hydrogens (tertiary/aromatic N) is 2. The minimum Gasteiger partial charge on any atom is -0.467 e. The molecule has 0 unspecified atom stereocenters. The molecule has 2 aromatic rings. The Labute approximate surface area is 113 Å². The van der Waals surface area contributed by atoms with Crippen LogP contribution in [0.4, 0.5) is 0 Å². The molecule has 1 atom stereocenters. The smallest absolute Gasteiger partial charge is 0.129 e. The van der Waals surface area contributed by atoms with E-state index in [9.17, 15) is 5.11 Å². The van der Waals surface area contributed by atoms with Crippen molar-refractivity contribution in [2.45, 2.75) is 19.3 Å². The molecule has 5 nitrogen and oxygen atoms in total. The molecule has 2 rings (SSSR count). The van der Waals surface area contributed by atoms with Crippen molar-refractivity contribution in [3.8, 4) is 0 Å². The van der Waals surface area contributed by atoms with Crippen molar-refractivity contribution in [1.82, 2.24) is 9.78 Å². The summed E-state index contributed by atoms with van der Waals surface area (Å²) < 4.78 is 13.2. The Kier molecular flexibility index (Phi) is 4.57. The van der Waals surface area contributed by atoms with Crippen LogP contribution in [0.2, 0.25) is 0 Å². The molecular weight excluding hydrogens is 335 g/mol. The number of halogens is 1. The van der Waals surface area contributed by atoms with E-state index < -0.39 is 6.10 Å². The fourth-order valence-electron chi connectivity index (χ4n) is 1.40. The molecule has 92 valence electrons. The maximum Gasteiger partial charge on any atom is 0.129 e. The molecule has 0 aliphatic heterocycles. The van der Waals surface area contributed by atoms with Crippen LogP contribution in [-0.2, 0) is 17.9 Å². The summed E-state index contributed by atoms with van der Waals surface area (Å²) in [5.41, 5.74) is 0. The second-order valence-corrected chi connectivity index (χ2v) is 4.87. The second-order valence-electron chi connectivity index (χ2n) is 3.63. The Morgan fingerprint density at radius 1 is 1.59 bits per heavy atom. The quantitative estimate of drug-likeness (QED) is 0.807. The summed E-state index contributed by atoms with van der Waals surface area (Å²) >= 11 is 2.17.